The van der Waals surface area contributed by atoms with E-state index in [0.717, 1.165) is 12.8 Å². The molecular formula is C24H34. The van der Waals surface area contributed by atoms with Crippen molar-refractivity contribution in [3.8, 4) is 0 Å². The van der Waals surface area contributed by atoms with Gasteiger partial charge < -0.3 is 0 Å². The van der Waals surface area contributed by atoms with E-state index in [1.807, 2.05) is 0 Å². The highest BCUT2D eigenvalue weighted by Gasteiger charge is 2.23. The summed E-state index contributed by atoms with van der Waals surface area (Å²) in [6.07, 6.45) is 12.2. The summed E-state index contributed by atoms with van der Waals surface area (Å²) >= 11 is 0. The predicted molar refractivity (Wildman–Crippen MR) is 109 cm³/mol. The third kappa shape index (κ3) is 4.50. The van der Waals surface area contributed by atoms with Crippen LogP contribution in [0.2, 0.25) is 0 Å². The van der Waals surface area contributed by atoms with Gasteiger partial charge in [-0.25, -0.2) is 0 Å². The highest BCUT2D eigenvalue weighted by Crippen LogP contribution is 2.40. The van der Waals surface area contributed by atoms with Crippen LogP contribution >= 0.6 is 0 Å². The maximum absolute atomic E-state index is 4.46. The molecule has 130 valence electrons. The largest absolute Gasteiger partial charge is 0.0995 e. The molecule has 0 heteroatoms. The van der Waals surface area contributed by atoms with Gasteiger partial charge in [-0.05, 0) is 54.9 Å². The molecular weight excluding hydrogens is 288 g/mol. The zero-order valence-electron chi connectivity index (χ0n) is 16.0. The fourth-order valence-corrected chi connectivity index (χ4v) is 3.80. The Morgan fingerprint density at radius 3 is 2.54 bits per heavy atom. The van der Waals surface area contributed by atoms with Crippen LogP contribution in [-0.4, -0.2) is 0 Å². The standard InChI is InChI=1S/C24H34/c1-6-8-10-12-18(3)16-21-13-11-15-23-20(5)22(14-9-7-2)19(4)17-24(21)23/h11,13,15,17,22H,3,5-10,12,14,16H2,1-2,4H3. The third-order valence-electron chi connectivity index (χ3n) is 5.31. The molecule has 0 aromatic heterocycles. The van der Waals surface area contributed by atoms with Crippen LogP contribution in [0.3, 0.4) is 0 Å². The Balaban J connectivity index is 2.19. The number of unbranched alkanes of at least 4 members (excludes halogenated alkanes) is 3. The van der Waals surface area contributed by atoms with E-state index in [1.165, 1.54) is 71.9 Å². The molecule has 0 N–H and O–H groups in total. The Bertz CT molecular complexity index is 615. The molecule has 0 bridgehead atoms. The lowest BCUT2D eigenvalue weighted by Gasteiger charge is -2.28. The van der Waals surface area contributed by atoms with E-state index in [4.69, 9.17) is 0 Å². The van der Waals surface area contributed by atoms with E-state index >= 15 is 0 Å². The number of hydrogen-bond acceptors (Lipinski definition) is 0. The van der Waals surface area contributed by atoms with Crippen molar-refractivity contribution in [3.63, 3.8) is 0 Å². The van der Waals surface area contributed by atoms with Crippen molar-refractivity contribution in [3.05, 3.63) is 59.2 Å². The zero-order chi connectivity index (χ0) is 17.5. The van der Waals surface area contributed by atoms with E-state index in [0.29, 0.717) is 5.92 Å². The minimum absolute atomic E-state index is 0.528. The Kier molecular flexibility index (Phi) is 7.09. The second-order valence-corrected chi connectivity index (χ2v) is 7.37. The Morgan fingerprint density at radius 2 is 1.83 bits per heavy atom. The molecule has 1 aromatic rings. The highest BCUT2D eigenvalue weighted by atomic mass is 14.3. The van der Waals surface area contributed by atoms with E-state index in [9.17, 15) is 0 Å². The van der Waals surface area contributed by atoms with Crippen molar-refractivity contribution in [2.24, 2.45) is 5.92 Å². The van der Waals surface area contributed by atoms with Crippen molar-refractivity contribution in [2.75, 3.05) is 0 Å². The van der Waals surface area contributed by atoms with Crippen LogP contribution in [0.5, 0.6) is 0 Å². The molecule has 1 unspecified atom stereocenters. The number of rotatable bonds is 9. The van der Waals surface area contributed by atoms with Crippen LogP contribution in [0.4, 0.5) is 0 Å². The smallest absolute Gasteiger partial charge is 0.00490 e. The number of benzene rings is 1. The summed E-state index contributed by atoms with van der Waals surface area (Å²) in [6.45, 7) is 15.6. The average Bonchev–Trinajstić information content (AvgIpc) is 2.56. The monoisotopic (exact) mass is 322 g/mol. The average molecular weight is 323 g/mol. The molecule has 0 aliphatic heterocycles. The summed E-state index contributed by atoms with van der Waals surface area (Å²) in [6, 6.07) is 6.72. The molecule has 0 saturated carbocycles. The van der Waals surface area contributed by atoms with Gasteiger partial charge in [-0.2, -0.15) is 0 Å². The van der Waals surface area contributed by atoms with Gasteiger partial charge in [-0.15, -0.1) is 0 Å². The van der Waals surface area contributed by atoms with Crippen molar-refractivity contribution in [1.29, 1.82) is 0 Å². The van der Waals surface area contributed by atoms with Crippen LogP contribution in [-0.2, 0) is 6.42 Å². The van der Waals surface area contributed by atoms with Crippen LogP contribution in [0.15, 0.2) is 42.5 Å². The SMILES string of the molecule is C=C(CCCCC)Cc1cccc2c1C=C(C)C(CCCC)C2=C. The van der Waals surface area contributed by atoms with Gasteiger partial charge >= 0.3 is 0 Å². The topological polar surface area (TPSA) is 0 Å². The van der Waals surface area contributed by atoms with Crippen molar-refractivity contribution in [1.82, 2.24) is 0 Å². The quantitative estimate of drug-likeness (QED) is 0.324. The first kappa shape index (κ1) is 18.8. The molecule has 1 aromatic carbocycles. The maximum atomic E-state index is 4.46. The third-order valence-corrected chi connectivity index (χ3v) is 5.31. The summed E-state index contributed by atoms with van der Waals surface area (Å²) in [5.74, 6) is 0.528. The molecule has 0 nitrogen and oxygen atoms in total. The molecule has 24 heavy (non-hydrogen) atoms. The highest BCUT2D eigenvalue weighted by molar-refractivity contribution is 5.83. The van der Waals surface area contributed by atoms with Gasteiger partial charge in [0, 0.05) is 5.92 Å². The predicted octanol–water partition coefficient (Wildman–Crippen LogP) is 7.60. The maximum Gasteiger partial charge on any atom is 0.00490 e. The van der Waals surface area contributed by atoms with Crippen molar-refractivity contribution >= 4 is 11.6 Å². The first-order valence-electron chi connectivity index (χ1n) is 9.74. The summed E-state index contributed by atoms with van der Waals surface area (Å²) in [7, 11) is 0. The zero-order valence-corrected chi connectivity index (χ0v) is 16.0. The summed E-state index contributed by atoms with van der Waals surface area (Å²) in [4.78, 5) is 0. The first-order chi connectivity index (χ1) is 11.6. The molecule has 0 spiro atoms. The molecule has 2 rings (SSSR count). The molecule has 0 amide bonds. The summed E-state index contributed by atoms with van der Waals surface area (Å²) in [5, 5.41) is 0. The Labute approximate surface area is 149 Å². The summed E-state index contributed by atoms with van der Waals surface area (Å²) < 4.78 is 0. The number of fused-ring (bicyclic) bond motifs is 1. The second kappa shape index (κ2) is 9.06. The normalized spacial score (nSPS) is 16.7. The van der Waals surface area contributed by atoms with Gasteiger partial charge in [0.1, 0.15) is 0 Å². The Hall–Kier alpha value is -1.56. The molecule has 1 aliphatic carbocycles. The van der Waals surface area contributed by atoms with Gasteiger partial charge in [0.2, 0.25) is 0 Å². The van der Waals surface area contributed by atoms with Gasteiger partial charge in [0.15, 0.2) is 0 Å². The van der Waals surface area contributed by atoms with E-state index in [2.05, 4.69) is 58.2 Å². The first-order valence-corrected chi connectivity index (χ1v) is 9.74. The minimum Gasteiger partial charge on any atom is -0.0995 e. The van der Waals surface area contributed by atoms with Crippen molar-refractivity contribution in [2.45, 2.75) is 72.1 Å². The summed E-state index contributed by atoms with van der Waals surface area (Å²) in [5.41, 5.74) is 8.33. The van der Waals surface area contributed by atoms with E-state index < -0.39 is 0 Å². The lowest BCUT2D eigenvalue weighted by Crippen LogP contribution is -2.12. The van der Waals surface area contributed by atoms with Gasteiger partial charge in [-0.3, -0.25) is 0 Å². The fourth-order valence-electron chi connectivity index (χ4n) is 3.80. The van der Waals surface area contributed by atoms with E-state index in [1.54, 1.807) is 0 Å². The van der Waals surface area contributed by atoms with Crippen LogP contribution < -0.4 is 0 Å². The molecule has 0 saturated heterocycles. The van der Waals surface area contributed by atoms with Crippen LogP contribution in [0.25, 0.3) is 11.6 Å². The second-order valence-electron chi connectivity index (χ2n) is 7.37. The van der Waals surface area contributed by atoms with Gasteiger partial charge in [0.25, 0.3) is 0 Å². The Morgan fingerprint density at radius 1 is 1.08 bits per heavy atom. The fraction of sp³-hybridized carbons (Fsp3) is 0.500. The molecule has 1 atom stereocenters. The lowest BCUT2D eigenvalue weighted by molar-refractivity contribution is 0.630. The van der Waals surface area contributed by atoms with Crippen molar-refractivity contribution < 1.29 is 0 Å². The lowest BCUT2D eigenvalue weighted by atomic mass is 9.76. The molecule has 1 aliphatic rings. The minimum atomic E-state index is 0.528. The molecule has 0 heterocycles. The number of allylic oxidation sites excluding steroid dienone is 3. The van der Waals surface area contributed by atoms with Crippen LogP contribution in [0.1, 0.15) is 82.4 Å². The van der Waals surface area contributed by atoms with Crippen LogP contribution in [0, 0.1) is 5.92 Å². The molecule has 0 fully saturated rings. The van der Waals surface area contributed by atoms with Gasteiger partial charge in [0.05, 0.1) is 0 Å². The van der Waals surface area contributed by atoms with Gasteiger partial charge in [-0.1, -0.05) is 88.1 Å². The van der Waals surface area contributed by atoms with E-state index in [-0.39, 0.29) is 0 Å². The molecule has 0 radical (unpaired) electrons. The number of hydrogen-bond donors (Lipinski definition) is 0.